The molecule has 3 atom stereocenters. The molecule has 0 bridgehead atoms. The van der Waals surface area contributed by atoms with Gasteiger partial charge in [-0.05, 0) is 17.9 Å². The van der Waals surface area contributed by atoms with Gasteiger partial charge in [-0.15, -0.1) is 0 Å². The molecular weight excluding hydrogens is 230 g/mol. The molecule has 3 unspecified atom stereocenters. The molecule has 1 saturated carbocycles. The number of carbonyl (C=O) groups is 2. The molecule has 0 saturated heterocycles. The van der Waals surface area contributed by atoms with Crippen molar-refractivity contribution < 1.29 is 14.3 Å². The number of ether oxygens (including phenoxy) is 1. The first kappa shape index (κ1) is 12.6. The van der Waals surface area contributed by atoms with Crippen molar-refractivity contribution >= 4 is 12.4 Å². The molecule has 96 valence electrons. The molecule has 18 heavy (non-hydrogen) atoms. The molecule has 4 heteroatoms. The van der Waals surface area contributed by atoms with Crippen LogP contribution in [0.15, 0.2) is 30.3 Å². The van der Waals surface area contributed by atoms with Gasteiger partial charge in [-0.1, -0.05) is 37.3 Å². The highest BCUT2D eigenvalue weighted by atomic mass is 16.5. The number of nitrogens with one attached hydrogen (secondary N) is 1. The molecule has 4 nitrogen and oxygen atoms in total. The molecule has 0 aliphatic heterocycles. The third-order valence-electron chi connectivity index (χ3n) is 3.59. The van der Waals surface area contributed by atoms with E-state index in [4.69, 9.17) is 4.74 Å². The second-order valence-corrected chi connectivity index (χ2v) is 4.69. The lowest BCUT2D eigenvalue weighted by Gasteiger charge is -2.40. The summed E-state index contributed by atoms with van der Waals surface area (Å²) >= 11 is 0. The Balaban J connectivity index is 1.78. The molecular formula is C14H17NO3. The fourth-order valence-corrected chi connectivity index (χ4v) is 2.24. The van der Waals surface area contributed by atoms with Crippen LogP contribution in [-0.2, 0) is 20.9 Å². The van der Waals surface area contributed by atoms with Crippen LogP contribution in [0.25, 0.3) is 0 Å². The van der Waals surface area contributed by atoms with Crippen molar-refractivity contribution in [3.63, 3.8) is 0 Å². The van der Waals surface area contributed by atoms with E-state index < -0.39 is 0 Å². The highest BCUT2D eigenvalue weighted by Crippen LogP contribution is 2.35. The smallest absolute Gasteiger partial charge is 0.309 e. The van der Waals surface area contributed by atoms with E-state index >= 15 is 0 Å². The number of hydrogen-bond acceptors (Lipinski definition) is 3. The summed E-state index contributed by atoms with van der Waals surface area (Å²) in [5.41, 5.74) is 0.986. The predicted octanol–water partition coefficient (Wildman–Crippen LogP) is 1.50. The van der Waals surface area contributed by atoms with Crippen molar-refractivity contribution in [3.05, 3.63) is 35.9 Å². The van der Waals surface area contributed by atoms with Crippen molar-refractivity contribution in [2.45, 2.75) is 26.0 Å². The minimum Gasteiger partial charge on any atom is -0.461 e. The third-order valence-corrected chi connectivity index (χ3v) is 3.59. The number of carbonyl (C=O) groups excluding carboxylic acids is 2. The van der Waals surface area contributed by atoms with Crippen LogP contribution in [0.5, 0.6) is 0 Å². The Hall–Kier alpha value is -1.84. The summed E-state index contributed by atoms with van der Waals surface area (Å²) in [5.74, 6) is -0.111. The summed E-state index contributed by atoms with van der Waals surface area (Å²) in [6.07, 6.45) is 1.36. The van der Waals surface area contributed by atoms with Crippen LogP contribution in [0.3, 0.4) is 0 Å². The highest BCUT2D eigenvalue weighted by Gasteiger charge is 2.43. The minimum absolute atomic E-state index is 0.0915. The zero-order chi connectivity index (χ0) is 13.0. The molecule has 2 rings (SSSR count). The lowest BCUT2D eigenvalue weighted by Crippen LogP contribution is -2.51. The number of esters is 1. The Labute approximate surface area is 106 Å². The van der Waals surface area contributed by atoms with Crippen LogP contribution in [-0.4, -0.2) is 18.4 Å². The standard InChI is InChI=1S/C14H17NO3/c1-10-12(7-13(10)15-9-16)14(17)18-8-11-5-3-2-4-6-11/h2-6,9-10,12-13H,7-8H2,1H3,(H,15,16). The van der Waals surface area contributed by atoms with Gasteiger partial charge in [-0.25, -0.2) is 0 Å². The zero-order valence-corrected chi connectivity index (χ0v) is 10.3. The summed E-state index contributed by atoms with van der Waals surface area (Å²) in [7, 11) is 0. The van der Waals surface area contributed by atoms with Gasteiger partial charge in [0.25, 0.3) is 0 Å². The Bertz CT molecular complexity index is 418. The van der Waals surface area contributed by atoms with Gasteiger partial charge in [0, 0.05) is 6.04 Å². The maximum Gasteiger partial charge on any atom is 0.309 e. The molecule has 1 fully saturated rings. The fourth-order valence-electron chi connectivity index (χ4n) is 2.24. The van der Waals surface area contributed by atoms with E-state index in [1.807, 2.05) is 37.3 Å². The largest absolute Gasteiger partial charge is 0.461 e. The summed E-state index contributed by atoms with van der Waals surface area (Å²) in [6, 6.07) is 9.72. The second-order valence-electron chi connectivity index (χ2n) is 4.69. The van der Waals surface area contributed by atoms with E-state index in [0.717, 1.165) is 5.56 Å². The molecule has 0 radical (unpaired) electrons. The van der Waals surface area contributed by atoms with E-state index in [9.17, 15) is 9.59 Å². The van der Waals surface area contributed by atoms with Gasteiger partial charge >= 0.3 is 5.97 Å². The topological polar surface area (TPSA) is 55.4 Å². The Morgan fingerprint density at radius 3 is 2.78 bits per heavy atom. The van der Waals surface area contributed by atoms with E-state index in [2.05, 4.69) is 5.32 Å². The molecule has 0 spiro atoms. The van der Waals surface area contributed by atoms with Gasteiger partial charge in [0.1, 0.15) is 6.61 Å². The third kappa shape index (κ3) is 2.70. The molecule has 0 heterocycles. The maximum atomic E-state index is 11.8. The van der Waals surface area contributed by atoms with Gasteiger partial charge in [-0.2, -0.15) is 0 Å². The number of benzene rings is 1. The average Bonchev–Trinajstić information content (AvgIpc) is 2.41. The zero-order valence-electron chi connectivity index (χ0n) is 10.3. The first-order valence-electron chi connectivity index (χ1n) is 6.12. The van der Waals surface area contributed by atoms with Crippen LogP contribution in [0, 0.1) is 11.8 Å². The summed E-state index contributed by atoms with van der Waals surface area (Å²) in [5, 5.41) is 2.70. The van der Waals surface area contributed by atoms with Crippen molar-refractivity contribution in [1.82, 2.24) is 5.32 Å². The SMILES string of the molecule is CC1C(NC=O)CC1C(=O)OCc1ccccc1. The van der Waals surface area contributed by atoms with Gasteiger partial charge in [-0.3, -0.25) is 9.59 Å². The Morgan fingerprint density at radius 1 is 1.44 bits per heavy atom. The number of rotatable bonds is 5. The van der Waals surface area contributed by atoms with Crippen molar-refractivity contribution in [2.24, 2.45) is 11.8 Å². The van der Waals surface area contributed by atoms with Crippen molar-refractivity contribution in [3.8, 4) is 0 Å². The fraction of sp³-hybridized carbons (Fsp3) is 0.429. The quantitative estimate of drug-likeness (QED) is 0.633. The molecule has 0 aromatic heterocycles. The van der Waals surface area contributed by atoms with E-state index in [0.29, 0.717) is 19.4 Å². The first-order chi connectivity index (χ1) is 8.72. The predicted molar refractivity (Wildman–Crippen MR) is 66.5 cm³/mol. The Morgan fingerprint density at radius 2 is 2.17 bits per heavy atom. The van der Waals surface area contributed by atoms with Crippen LogP contribution in [0.1, 0.15) is 18.9 Å². The molecule has 1 aliphatic rings. The first-order valence-corrected chi connectivity index (χ1v) is 6.12. The molecule has 1 aromatic carbocycles. The highest BCUT2D eigenvalue weighted by molar-refractivity contribution is 5.74. The van der Waals surface area contributed by atoms with Crippen molar-refractivity contribution in [1.29, 1.82) is 0 Å². The molecule has 1 N–H and O–H groups in total. The molecule has 1 aliphatic carbocycles. The van der Waals surface area contributed by atoms with Gasteiger partial charge in [0.05, 0.1) is 5.92 Å². The summed E-state index contributed by atoms with van der Waals surface area (Å²) in [6.45, 7) is 2.27. The van der Waals surface area contributed by atoms with Crippen LogP contribution >= 0.6 is 0 Å². The van der Waals surface area contributed by atoms with Crippen LogP contribution in [0.4, 0.5) is 0 Å². The second kappa shape index (κ2) is 5.67. The lowest BCUT2D eigenvalue weighted by atomic mass is 9.70. The number of hydrogen-bond donors (Lipinski definition) is 1. The van der Waals surface area contributed by atoms with E-state index in [1.54, 1.807) is 0 Å². The van der Waals surface area contributed by atoms with E-state index in [1.165, 1.54) is 0 Å². The minimum atomic E-state index is -0.171. The number of amides is 1. The van der Waals surface area contributed by atoms with Crippen LogP contribution < -0.4 is 5.32 Å². The summed E-state index contributed by atoms with van der Waals surface area (Å²) in [4.78, 5) is 22.1. The van der Waals surface area contributed by atoms with Crippen molar-refractivity contribution in [2.75, 3.05) is 0 Å². The molecule has 1 aromatic rings. The monoisotopic (exact) mass is 247 g/mol. The average molecular weight is 247 g/mol. The van der Waals surface area contributed by atoms with Gasteiger partial charge in [0.2, 0.25) is 6.41 Å². The van der Waals surface area contributed by atoms with Gasteiger partial charge in [0.15, 0.2) is 0 Å². The van der Waals surface area contributed by atoms with Gasteiger partial charge < -0.3 is 10.1 Å². The lowest BCUT2D eigenvalue weighted by molar-refractivity contribution is -0.157. The van der Waals surface area contributed by atoms with Crippen LogP contribution in [0.2, 0.25) is 0 Å². The normalized spacial score (nSPS) is 25.9. The molecule has 1 amide bonds. The summed E-state index contributed by atoms with van der Waals surface area (Å²) < 4.78 is 5.27. The van der Waals surface area contributed by atoms with E-state index in [-0.39, 0.29) is 23.8 Å². The Kier molecular flexibility index (Phi) is 3.97. The maximum absolute atomic E-state index is 11.8.